The predicted octanol–water partition coefficient (Wildman–Crippen LogP) is 3.18. The minimum atomic E-state index is 0.291. The lowest BCUT2D eigenvalue weighted by Crippen LogP contribution is -2.38. The molecule has 0 saturated carbocycles. The van der Waals surface area contributed by atoms with Gasteiger partial charge in [0.1, 0.15) is 0 Å². The highest BCUT2D eigenvalue weighted by Crippen LogP contribution is 2.19. The maximum atomic E-state index is 5.25. The van der Waals surface area contributed by atoms with Crippen molar-refractivity contribution in [1.29, 1.82) is 0 Å². The van der Waals surface area contributed by atoms with Gasteiger partial charge in [0.2, 0.25) is 5.89 Å². The number of aromatic nitrogens is 2. The maximum absolute atomic E-state index is 5.25. The highest BCUT2D eigenvalue weighted by molar-refractivity contribution is 5.79. The van der Waals surface area contributed by atoms with Gasteiger partial charge >= 0.3 is 0 Å². The smallest absolute Gasteiger partial charge is 0.228 e. The molecule has 0 saturated heterocycles. The zero-order valence-electron chi connectivity index (χ0n) is 15.3. The van der Waals surface area contributed by atoms with Crippen molar-refractivity contribution >= 4 is 5.96 Å². The lowest BCUT2D eigenvalue weighted by Gasteiger charge is -2.15. The normalized spacial score (nSPS) is 15.5. The summed E-state index contributed by atoms with van der Waals surface area (Å²) in [5.41, 5.74) is 1.58. The molecule has 24 heavy (non-hydrogen) atoms. The van der Waals surface area contributed by atoms with Crippen molar-refractivity contribution in [3.05, 3.63) is 23.4 Å². The fourth-order valence-electron chi connectivity index (χ4n) is 2.68. The summed E-state index contributed by atoms with van der Waals surface area (Å²) in [5.74, 6) is 2.57. The second-order valence-corrected chi connectivity index (χ2v) is 6.50. The average molecular weight is 333 g/mol. The maximum Gasteiger partial charge on any atom is 0.228 e. The first-order valence-electron chi connectivity index (χ1n) is 9.21. The lowest BCUT2D eigenvalue weighted by atomic mass is 9.97. The zero-order valence-corrected chi connectivity index (χ0v) is 15.3. The first-order valence-corrected chi connectivity index (χ1v) is 9.21. The number of guanidine groups is 1. The Kier molecular flexibility index (Phi) is 7.79. The molecule has 0 atom stereocenters. The van der Waals surface area contributed by atoms with Crippen LogP contribution in [0.4, 0.5) is 0 Å². The summed E-state index contributed by atoms with van der Waals surface area (Å²) in [5, 5.41) is 10.7. The Morgan fingerprint density at radius 2 is 2.17 bits per heavy atom. The van der Waals surface area contributed by atoms with Crippen molar-refractivity contribution in [2.75, 3.05) is 19.6 Å². The van der Waals surface area contributed by atoms with Gasteiger partial charge in [0.15, 0.2) is 11.8 Å². The molecule has 6 nitrogen and oxygen atoms in total. The van der Waals surface area contributed by atoms with Crippen LogP contribution < -0.4 is 10.6 Å². The Bertz CT molecular complexity index is 547. The summed E-state index contributed by atoms with van der Waals surface area (Å²) in [4.78, 5) is 8.97. The molecule has 0 aromatic carbocycles. The van der Waals surface area contributed by atoms with Crippen molar-refractivity contribution in [2.24, 2.45) is 4.99 Å². The van der Waals surface area contributed by atoms with Crippen LogP contribution in [0.25, 0.3) is 0 Å². The SMILES string of the molecule is CCNC(=NCCc1nc(C(C)C)no1)NCCC1=CCCCC1. The summed E-state index contributed by atoms with van der Waals surface area (Å²) in [7, 11) is 0. The van der Waals surface area contributed by atoms with Crippen LogP contribution in [0.15, 0.2) is 21.2 Å². The van der Waals surface area contributed by atoms with Crippen molar-refractivity contribution in [3.8, 4) is 0 Å². The van der Waals surface area contributed by atoms with Gasteiger partial charge in [-0.05, 0) is 39.0 Å². The van der Waals surface area contributed by atoms with Gasteiger partial charge in [0.05, 0.1) is 6.54 Å². The molecular weight excluding hydrogens is 302 g/mol. The van der Waals surface area contributed by atoms with Gasteiger partial charge in [0, 0.05) is 25.4 Å². The molecule has 1 aromatic heterocycles. The summed E-state index contributed by atoms with van der Waals surface area (Å²) in [6.07, 6.45) is 9.35. The third kappa shape index (κ3) is 6.34. The molecule has 134 valence electrons. The molecule has 1 heterocycles. The Hall–Kier alpha value is -1.85. The van der Waals surface area contributed by atoms with Crippen LogP contribution in [0, 0.1) is 0 Å². The Morgan fingerprint density at radius 1 is 1.29 bits per heavy atom. The molecule has 0 amide bonds. The molecule has 2 rings (SSSR count). The van der Waals surface area contributed by atoms with Crippen LogP contribution in [-0.2, 0) is 6.42 Å². The van der Waals surface area contributed by atoms with E-state index in [1.165, 1.54) is 25.7 Å². The average Bonchev–Trinajstić information content (AvgIpc) is 3.05. The van der Waals surface area contributed by atoms with Crippen LogP contribution in [0.3, 0.4) is 0 Å². The van der Waals surface area contributed by atoms with Crippen molar-refractivity contribution < 1.29 is 4.52 Å². The number of allylic oxidation sites excluding steroid dienone is 1. The number of hydrogen-bond acceptors (Lipinski definition) is 4. The second-order valence-electron chi connectivity index (χ2n) is 6.50. The molecule has 0 radical (unpaired) electrons. The summed E-state index contributed by atoms with van der Waals surface area (Å²) < 4.78 is 5.25. The number of nitrogens with one attached hydrogen (secondary N) is 2. The molecule has 0 bridgehead atoms. The molecule has 1 aliphatic rings. The van der Waals surface area contributed by atoms with E-state index in [0.29, 0.717) is 24.8 Å². The van der Waals surface area contributed by atoms with Crippen LogP contribution in [0.2, 0.25) is 0 Å². The third-order valence-corrected chi connectivity index (χ3v) is 4.06. The number of hydrogen-bond donors (Lipinski definition) is 2. The first kappa shape index (κ1) is 18.5. The molecule has 6 heteroatoms. The predicted molar refractivity (Wildman–Crippen MR) is 97.2 cm³/mol. The molecule has 1 aliphatic carbocycles. The van der Waals surface area contributed by atoms with Gasteiger partial charge in [-0.2, -0.15) is 4.98 Å². The standard InChI is InChI=1S/C18H31N5O/c1-4-19-18(20-12-10-15-8-6-5-7-9-15)21-13-11-16-22-17(14(2)3)23-24-16/h8,14H,4-7,9-13H2,1-3H3,(H2,19,20,21). The van der Waals surface area contributed by atoms with Gasteiger partial charge in [-0.15, -0.1) is 0 Å². The second kappa shape index (κ2) is 10.1. The van der Waals surface area contributed by atoms with Gasteiger partial charge in [-0.3, -0.25) is 4.99 Å². The fraction of sp³-hybridized carbons (Fsp3) is 0.722. The van der Waals surface area contributed by atoms with Gasteiger partial charge in [-0.25, -0.2) is 0 Å². The molecule has 0 aliphatic heterocycles. The van der Waals surface area contributed by atoms with Gasteiger partial charge in [-0.1, -0.05) is 30.7 Å². The molecule has 2 N–H and O–H groups in total. The van der Waals surface area contributed by atoms with Gasteiger partial charge < -0.3 is 15.2 Å². The first-order chi connectivity index (χ1) is 11.7. The topological polar surface area (TPSA) is 75.3 Å². The van der Waals surface area contributed by atoms with Crippen LogP contribution in [-0.4, -0.2) is 35.7 Å². The third-order valence-electron chi connectivity index (χ3n) is 4.06. The van der Waals surface area contributed by atoms with E-state index in [1.54, 1.807) is 5.57 Å². The molecule has 0 spiro atoms. The van der Waals surface area contributed by atoms with Gasteiger partial charge in [0.25, 0.3) is 0 Å². The summed E-state index contributed by atoms with van der Waals surface area (Å²) in [6.45, 7) is 8.61. The number of aliphatic imine (C=N–C) groups is 1. The zero-order chi connectivity index (χ0) is 17.2. The van der Waals surface area contributed by atoms with E-state index in [4.69, 9.17) is 4.52 Å². The summed E-state index contributed by atoms with van der Waals surface area (Å²) in [6, 6.07) is 0. The molecule has 1 aromatic rings. The fourth-order valence-corrected chi connectivity index (χ4v) is 2.68. The van der Waals surface area contributed by atoms with E-state index in [9.17, 15) is 0 Å². The molecular formula is C18H31N5O. The van der Waals surface area contributed by atoms with Crippen LogP contribution >= 0.6 is 0 Å². The number of nitrogens with zero attached hydrogens (tertiary/aromatic N) is 3. The monoisotopic (exact) mass is 333 g/mol. The summed E-state index contributed by atoms with van der Waals surface area (Å²) >= 11 is 0. The van der Waals surface area contributed by atoms with Crippen molar-refractivity contribution in [2.45, 2.75) is 65.2 Å². The van der Waals surface area contributed by atoms with E-state index in [0.717, 1.165) is 31.3 Å². The highest BCUT2D eigenvalue weighted by Gasteiger charge is 2.09. The van der Waals surface area contributed by atoms with E-state index in [-0.39, 0.29) is 0 Å². The Labute approximate surface area is 145 Å². The van der Waals surface area contributed by atoms with Crippen LogP contribution in [0.5, 0.6) is 0 Å². The lowest BCUT2D eigenvalue weighted by molar-refractivity contribution is 0.372. The Balaban J connectivity index is 1.75. The molecule has 0 unspecified atom stereocenters. The Morgan fingerprint density at radius 3 is 2.83 bits per heavy atom. The quantitative estimate of drug-likeness (QED) is 0.434. The largest absolute Gasteiger partial charge is 0.357 e. The highest BCUT2D eigenvalue weighted by atomic mass is 16.5. The minimum absolute atomic E-state index is 0.291. The van der Waals surface area contributed by atoms with E-state index in [2.05, 4.69) is 52.6 Å². The minimum Gasteiger partial charge on any atom is -0.357 e. The van der Waals surface area contributed by atoms with E-state index in [1.807, 2.05) is 0 Å². The van der Waals surface area contributed by atoms with E-state index >= 15 is 0 Å². The van der Waals surface area contributed by atoms with Crippen LogP contribution in [0.1, 0.15) is 70.5 Å². The van der Waals surface area contributed by atoms with Crippen molar-refractivity contribution in [3.63, 3.8) is 0 Å². The van der Waals surface area contributed by atoms with Crippen molar-refractivity contribution in [1.82, 2.24) is 20.8 Å². The molecule has 0 fully saturated rings. The van der Waals surface area contributed by atoms with E-state index < -0.39 is 0 Å². The number of rotatable bonds is 8.